The number of anilines is 1. The van der Waals surface area contributed by atoms with Crippen LogP contribution >= 0.6 is 11.6 Å². The van der Waals surface area contributed by atoms with Crippen molar-refractivity contribution in [2.24, 2.45) is 5.73 Å². The second kappa shape index (κ2) is 3.44. The van der Waals surface area contributed by atoms with Crippen LogP contribution in [0.3, 0.4) is 0 Å². The molecule has 0 amide bonds. The van der Waals surface area contributed by atoms with E-state index >= 15 is 0 Å². The number of rotatable bonds is 1. The molecule has 1 aliphatic heterocycles. The first kappa shape index (κ1) is 9.81. The van der Waals surface area contributed by atoms with Crippen molar-refractivity contribution in [3.05, 3.63) is 29.3 Å². The maximum atomic E-state index is 6.07. The Hall–Kier alpha value is -0.730. The topological polar surface area (TPSA) is 29.3 Å². The highest BCUT2D eigenvalue weighted by Crippen LogP contribution is 2.25. The normalized spacial score (nSPS) is 26.9. The van der Waals surface area contributed by atoms with Crippen LogP contribution in [0.15, 0.2) is 24.3 Å². The van der Waals surface area contributed by atoms with E-state index in [1.807, 2.05) is 24.3 Å². The summed E-state index contributed by atoms with van der Waals surface area (Å²) in [6, 6.07) is 7.93. The van der Waals surface area contributed by atoms with Crippen molar-refractivity contribution in [3.63, 3.8) is 0 Å². The van der Waals surface area contributed by atoms with E-state index in [0.717, 1.165) is 24.5 Å². The standard InChI is InChI=1S/C11H15ClN2/c1-11(13)6-7-14(8-11)10-4-2-9(12)3-5-10/h2-5H,6-8,13H2,1H3. The molecule has 1 atom stereocenters. The molecule has 1 aromatic carbocycles. The molecule has 1 aliphatic rings. The van der Waals surface area contributed by atoms with Crippen molar-refractivity contribution >= 4 is 17.3 Å². The van der Waals surface area contributed by atoms with Crippen LogP contribution in [-0.2, 0) is 0 Å². The van der Waals surface area contributed by atoms with E-state index in [2.05, 4.69) is 11.8 Å². The van der Waals surface area contributed by atoms with Gasteiger partial charge in [-0.3, -0.25) is 0 Å². The largest absolute Gasteiger partial charge is 0.370 e. The molecule has 2 nitrogen and oxygen atoms in total. The first-order valence-electron chi connectivity index (χ1n) is 4.86. The summed E-state index contributed by atoms with van der Waals surface area (Å²) in [4.78, 5) is 2.30. The number of hydrogen-bond donors (Lipinski definition) is 1. The summed E-state index contributed by atoms with van der Waals surface area (Å²) in [6.45, 7) is 4.06. The van der Waals surface area contributed by atoms with Crippen LogP contribution in [0.5, 0.6) is 0 Å². The van der Waals surface area contributed by atoms with Crippen molar-refractivity contribution < 1.29 is 0 Å². The lowest BCUT2D eigenvalue weighted by Gasteiger charge is -2.21. The zero-order chi connectivity index (χ0) is 10.2. The molecule has 3 heteroatoms. The second-order valence-corrected chi connectivity index (χ2v) is 4.74. The summed E-state index contributed by atoms with van der Waals surface area (Å²) in [7, 11) is 0. The van der Waals surface area contributed by atoms with Gasteiger partial charge in [-0.05, 0) is 37.6 Å². The fraction of sp³-hybridized carbons (Fsp3) is 0.455. The van der Waals surface area contributed by atoms with Gasteiger partial charge in [0.2, 0.25) is 0 Å². The van der Waals surface area contributed by atoms with Crippen molar-refractivity contribution in [1.82, 2.24) is 0 Å². The minimum atomic E-state index is -0.0420. The molecule has 0 aromatic heterocycles. The molecule has 1 heterocycles. The van der Waals surface area contributed by atoms with E-state index < -0.39 is 0 Å². The lowest BCUT2D eigenvalue weighted by Crippen LogP contribution is -2.39. The average Bonchev–Trinajstić information content (AvgIpc) is 2.47. The molecule has 76 valence electrons. The Labute approximate surface area is 89.7 Å². The van der Waals surface area contributed by atoms with E-state index in [1.165, 1.54) is 5.69 Å². The Bertz CT molecular complexity index is 319. The number of nitrogens with two attached hydrogens (primary N) is 1. The zero-order valence-electron chi connectivity index (χ0n) is 8.33. The van der Waals surface area contributed by atoms with Crippen LogP contribution in [0, 0.1) is 0 Å². The Balaban J connectivity index is 2.14. The third-order valence-corrected chi connectivity index (χ3v) is 2.95. The Kier molecular flexibility index (Phi) is 2.41. The minimum Gasteiger partial charge on any atom is -0.370 e. The molecule has 1 aromatic rings. The number of halogens is 1. The van der Waals surface area contributed by atoms with Gasteiger partial charge in [-0.25, -0.2) is 0 Å². The fourth-order valence-corrected chi connectivity index (χ4v) is 1.98. The van der Waals surface area contributed by atoms with Gasteiger partial charge in [0.1, 0.15) is 0 Å². The van der Waals surface area contributed by atoms with Gasteiger partial charge in [0.15, 0.2) is 0 Å². The molecule has 2 rings (SSSR count). The van der Waals surface area contributed by atoms with E-state index in [1.54, 1.807) is 0 Å². The molecule has 0 radical (unpaired) electrons. The predicted octanol–water partition coefficient (Wildman–Crippen LogP) is 2.27. The Morgan fingerprint density at radius 2 is 2.00 bits per heavy atom. The lowest BCUT2D eigenvalue weighted by molar-refractivity contribution is 0.525. The molecule has 0 aliphatic carbocycles. The fourth-order valence-electron chi connectivity index (χ4n) is 1.86. The zero-order valence-corrected chi connectivity index (χ0v) is 9.09. The van der Waals surface area contributed by atoms with Crippen molar-refractivity contribution in [2.75, 3.05) is 18.0 Å². The van der Waals surface area contributed by atoms with E-state index in [-0.39, 0.29) is 5.54 Å². The van der Waals surface area contributed by atoms with Crippen LogP contribution in [0.1, 0.15) is 13.3 Å². The average molecular weight is 211 g/mol. The summed E-state index contributed by atoms with van der Waals surface area (Å²) in [5, 5.41) is 0.781. The second-order valence-electron chi connectivity index (χ2n) is 4.30. The molecule has 1 saturated heterocycles. The summed E-state index contributed by atoms with van der Waals surface area (Å²) < 4.78 is 0. The molecular formula is C11H15ClN2. The maximum Gasteiger partial charge on any atom is 0.0407 e. The third kappa shape index (κ3) is 2.02. The Morgan fingerprint density at radius 3 is 2.50 bits per heavy atom. The van der Waals surface area contributed by atoms with Crippen molar-refractivity contribution in [3.8, 4) is 0 Å². The summed E-state index contributed by atoms with van der Waals surface area (Å²) in [5.74, 6) is 0. The van der Waals surface area contributed by atoms with Crippen LogP contribution in [0.4, 0.5) is 5.69 Å². The number of hydrogen-bond acceptors (Lipinski definition) is 2. The maximum absolute atomic E-state index is 6.07. The first-order valence-corrected chi connectivity index (χ1v) is 5.24. The molecule has 14 heavy (non-hydrogen) atoms. The monoisotopic (exact) mass is 210 g/mol. The van der Waals surface area contributed by atoms with Gasteiger partial charge in [-0.15, -0.1) is 0 Å². The SMILES string of the molecule is CC1(N)CCN(c2ccc(Cl)cc2)C1. The molecule has 0 bridgehead atoms. The summed E-state index contributed by atoms with van der Waals surface area (Å²) >= 11 is 5.83. The molecule has 1 fully saturated rings. The van der Waals surface area contributed by atoms with Crippen molar-refractivity contribution in [2.45, 2.75) is 18.9 Å². The number of nitrogens with zero attached hydrogens (tertiary/aromatic N) is 1. The van der Waals surface area contributed by atoms with Crippen LogP contribution in [0.25, 0.3) is 0 Å². The van der Waals surface area contributed by atoms with Gasteiger partial charge in [-0.1, -0.05) is 11.6 Å². The smallest absolute Gasteiger partial charge is 0.0407 e. The van der Waals surface area contributed by atoms with Crippen LogP contribution < -0.4 is 10.6 Å². The van der Waals surface area contributed by atoms with Gasteiger partial charge in [0, 0.05) is 29.3 Å². The van der Waals surface area contributed by atoms with E-state index in [0.29, 0.717) is 0 Å². The highest BCUT2D eigenvalue weighted by atomic mass is 35.5. The molecule has 0 spiro atoms. The van der Waals surface area contributed by atoms with E-state index in [4.69, 9.17) is 17.3 Å². The minimum absolute atomic E-state index is 0.0420. The highest BCUT2D eigenvalue weighted by molar-refractivity contribution is 6.30. The van der Waals surface area contributed by atoms with Crippen LogP contribution in [-0.4, -0.2) is 18.6 Å². The first-order chi connectivity index (χ1) is 6.57. The van der Waals surface area contributed by atoms with Gasteiger partial charge in [-0.2, -0.15) is 0 Å². The number of benzene rings is 1. The molecular weight excluding hydrogens is 196 g/mol. The Morgan fingerprint density at radius 1 is 1.36 bits per heavy atom. The molecule has 2 N–H and O–H groups in total. The lowest BCUT2D eigenvalue weighted by atomic mass is 10.0. The van der Waals surface area contributed by atoms with Gasteiger partial charge in [0.25, 0.3) is 0 Å². The molecule has 1 unspecified atom stereocenters. The predicted molar refractivity (Wildman–Crippen MR) is 60.9 cm³/mol. The van der Waals surface area contributed by atoms with Crippen molar-refractivity contribution in [1.29, 1.82) is 0 Å². The molecule has 0 saturated carbocycles. The van der Waals surface area contributed by atoms with E-state index in [9.17, 15) is 0 Å². The van der Waals surface area contributed by atoms with Gasteiger partial charge < -0.3 is 10.6 Å². The summed E-state index contributed by atoms with van der Waals surface area (Å²) in [5.41, 5.74) is 7.24. The highest BCUT2D eigenvalue weighted by Gasteiger charge is 2.29. The van der Waals surface area contributed by atoms with Crippen LogP contribution in [0.2, 0.25) is 5.02 Å². The summed E-state index contributed by atoms with van der Waals surface area (Å²) in [6.07, 6.45) is 1.05. The third-order valence-electron chi connectivity index (χ3n) is 2.70. The van der Waals surface area contributed by atoms with Gasteiger partial charge >= 0.3 is 0 Å². The quantitative estimate of drug-likeness (QED) is 0.771. The van der Waals surface area contributed by atoms with Gasteiger partial charge in [0.05, 0.1) is 0 Å².